The van der Waals surface area contributed by atoms with Gasteiger partial charge in [-0.1, -0.05) is 11.6 Å². The summed E-state index contributed by atoms with van der Waals surface area (Å²) in [5, 5.41) is 5.52. The van der Waals surface area contributed by atoms with Gasteiger partial charge in [-0.05, 0) is 12.1 Å². The molecule has 11 heavy (non-hydrogen) atoms. The second-order valence-electron chi connectivity index (χ2n) is 2.05. The summed E-state index contributed by atoms with van der Waals surface area (Å²) < 4.78 is 1.67. The predicted molar refractivity (Wildman–Crippen MR) is 52.0 cm³/mol. The van der Waals surface area contributed by atoms with Crippen molar-refractivity contribution in [1.82, 2.24) is 13.0 Å². The van der Waals surface area contributed by atoms with Gasteiger partial charge in [0.1, 0.15) is 5.15 Å². The van der Waals surface area contributed by atoms with E-state index in [1.54, 1.807) is 15.2 Å². The Balaban J connectivity index is 2.87. The van der Waals surface area contributed by atoms with Crippen molar-refractivity contribution in [3.8, 4) is 0 Å². The van der Waals surface area contributed by atoms with E-state index in [2.05, 4.69) is 32.9 Å². The Kier molecular flexibility index (Phi) is 1.72. The summed E-state index contributed by atoms with van der Waals surface area (Å²) in [6, 6.07) is 3.65. The Labute approximate surface area is 81.9 Å². The van der Waals surface area contributed by atoms with Gasteiger partial charge in [0, 0.05) is 5.39 Å². The van der Waals surface area contributed by atoms with Gasteiger partial charge in [-0.25, -0.2) is 4.98 Å². The van der Waals surface area contributed by atoms with Gasteiger partial charge < -0.3 is 0 Å². The summed E-state index contributed by atoms with van der Waals surface area (Å²) >= 11 is 7.75. The van der Waals surface area contributed by atoms with Crippen molar-refractivity contribution < 1.29 is 0 Å². The van der Waals surface area contributed by atoms with E-state index in [1.807, 2.05) is 6.07 Å². The predicted octanol–water partition coefficient (Wildman–Crippen LogP) is 2.28. The fourth-order valence-corrected chi connectivity index (χ4v) is 1.51. The number of rotatable bonds is 0. The van der Waals surface area contributed by atoms with Gasteiger partial charge in [-0.3, -0.25) is 0 Å². The van der Waals surface area contributed by atoms with Crippen LogP contribution in [0.1, 0.15) is 0 Å². The topological polar surface area (TPSA) is 30.7 Å². The van der Waals surface area contributed by atoms with Crippen LogP contribution in [0.2, 0.25) is 5.15 Å². The smallest absolute Gasteiger partial charge is 0.169 e. The highest BCUT2D eigenvalue weighted by Gasteiger charge is 2.00. The molecule has 0 unspecified atom stereocenters. The van der Waals surface area contributed by atoms with Crippen LogP contribution in [0.3, 0.4) is 0 Å². The van der Waals surface area contributed by atoms with Gasteiger partial charge >= 0.3 is 0 Å². The molecule has 0 aliphatic heterocycles. The first-order valence-electron chi connectivity index (χ1n) is 2.94. The maximum atomic E-state index is 5.69. The van der Waals surface area contributed by atoms with Crippen molar-refractivity contribution in [2.45, 2.75) is 0 Å². The molecule has 0 saturated carbocycles. The van der Waals surface area contributed by atoms with Crippen LogP contribution in [0.4, 0.5) is 0 Å². The molecule has 2 aromatic heterocycles. The van der Waals surface area contributed by atoms with E-state index in [0.717, 1.165) is 11.0 Å². The third kappa shape index (κ3) is 1.20. The van der Waals surface area contributed by atoms with Crippen molar-refractivity contribution >= 4 is 45.5 Å². The average molecular weight is 279 g/mol. The highest BCUT2D eigenvalue weighted by molar-refractivity contribution is 14.1. The lowest BCUT2D eigenvalue weighted by Crippen LogP contribution is -1.83. The molecule has 2 rings (SSSR count). The number of hydrogen-bond acceptors (Lipinski definition) is 2. The number of aromatic nitrogens is 3. The normalized spacial score (nSPS) is 10.7. The minimum atomic E-state index is 0.496. The first-order chi connectivity index (χ1) is 5.27. The van der Waals surface area contributed by atoms with Crippen LogP contribution in [-0.2, 0) is 0 Å². The molecule has 0 amide bonds. The zero-order chi connectivity index (χ0) is 7.84. The molecular formula is C6H3ClIN3. The van der Waals surface area contributed by atoms with E-state index >= 15 is 0 Å². The Morgan fingerprint density at radius 3 is 3.09 bits per heavy atom. The van der Waals surface area contributed by atoms with E-state index < -0.39 is 0 Å². The highest BCUT2D eigenvalue weighted by atomic mass is 127. The Morgan fingerprint density at radius 1 is 1.45 bits per heavy atom. The maximum Gasteiger partial charge on any atom is 0.169 e. The number of fused-ring (bicyclic) bond motifs is 1. The van der Waals surface area contributed by atoms with Gasteiger partial charge in [0.15, 0.2) is 5.65 Å². The molecule has 2 heterocycles. The summed E-state index contributed by atoms with van der Waals surface area (Å²) in [5.74, 6) is 0. The van der Waals surface area contributed by atoms with E-state index in [9.17, 15) is 0 Å². The molecule has 0 radical (unpaired) electrons. The fraction of sp³-hybridized carbons (Fsp3) is 0. The van der Waals surface area contributed by atoms with Crippen LogP contribution in [-0.4, -0.2) is 13.0 Å². The monoisotopic (exact) mass is 279 g/mol. The molecule has 0 aliphatic carbocycles. The van der Waals surface area contributed by atoms with Crippen molar-refractivity contribution in [2.24, 2.45) is 0 Å². The molecule has 0 atom stereocenters. The zero-order valence-electron chi connectivity index (χ0n) is 5.33. The zero-order valence-corrected chi connectivity index (χ0v) is 8.24. The second kappa shape index (κ2) is 2.60. The van der Waals surface area contributed by atoms with Crippen molar-refractivity contribution in [1.29, 1.82) is 0 Å². The minimum Gasteiger partial charge on any atom is -0.216 e. The van der Waals surface area contributed by atoms with Crippen LogP contribution in [0.25, 0.3) is 11.0 Å². The third-order valence-corrected chi connectivity index (χ3v) is 2.26. The molecule has 2 aromatic rings. The molecule has 0 N–H and O–H groups in total. The van der Waals surface area contributed by atoms with Gasteiger partial charge in [0.2, 0.25) is 0 Å². The number of nitrogens with zero attached hydrogens (tertiary/aromatic N) is 3. The van der Waals surface area contributed by atoms with Crippen LogP contribution >= 0.6 is 34.5 Å². The fourth-order valence-electron chi connectivity index (χ4n) is 0.852. The van der Waals surface area contributed by atoms with E-state index in [0.29, 0.717) is 5.15 Å². The van der Waals surface area contributed by atoms with Crippen LogP contribution in [0.15, 0.2) is 18.3 Å². The Hall–Kier alpha value is -0.360. The van der Waals surface area contributed by atoms with E-state index in [1.165, 1.54) is 0 Å². The Morgan fingerprint density at radius 2 is 2.27 bits per heavy atom. The van der Waals surface area contributed by atoms with E-state index in [-0.39, 0.29) is 0 Å². The standard InChI is InChI=1S/C6H3ClIN3/c7-5-2-1-4-3-9-11(8)6(4)10-5/h1-3H. The first kappa shape index (κ1) is 7.30. The molecule has 0 spiro atoms. The molecule has 0 aromatic carbocycles. The molecule has 5 heteroatoms. The summed E-state index contributed by atoms with van der Waals surface area (Å²) in [5.41, 5.74) is 0.804. The SMILES string of the molecule is Clc1ccc2cnn(I)c2n1. The minimum absolute atomic E-state index is 0.496. The largest absolute Gasteiger partial charge is 0.216 e. The van der Waals surface area contributed by atoms with E-state index in [4.69, 9.17) is 11.6 Å². The number of halogens is 2. The summed E-state index contributed by atoms with van der Waals surface area (Å²) in [6.07, 6.45) is 1.76. The molecule has 0 saturated heterocycles. The quantitative estimate of drug-likeness (QED) is 0.547. The average Bonchev–Trinajstić information content (AvgIpc) is 2.33. The van der Waals surface area contributed by atoms with Crippen LogP contribution in [0.5, 0.6) is 0 Å². The Bertz CT molecular complexity index is 398. The number of hydrogen-bond donors (Lipinski definition) is 0. The molecule has 56 valence electrons. The molecular weight excluding hydrogens is 276 g/mol. The number of pyridine rings is 1. The van der Waals surface area contributed by atoms with Crippen molar-refractivity contribution in [2.75, 3.05) is 0 Å². The molecule has 0 fully saturated rings. The van der Waals surface area contributed by atoms with Gasteiger partial charge in [-0.15, -0.1) is 0 Å². The van der Waals surface area contributed by atoms with Gasteiger partial charge in [0.25, 0.3) is 0 Å². The molecule has 3 nitrogen and oxygen atoms in total. The first-order valence-corrected chi connectivity index (χ1v) is 4.28. The summed E-state index contributed by atoms with van der Waals surface area (Å²) in [6.45, 7) is 0. The third-order valence-electron chi connectivity index (χ3n) is 1.34. The highest BCUT2D eigenvalue weighted by Crippen LogP contribution is 2.15. The van der Waals surface area contributed by atoms with Gasteiger partial charge in [0.05, 0.1) is 29.1 Å². The summed E-state index contributed by atoms with van der Waals surface area (Å²) in [7, 11) is 0. The van der Waals surface area contributed by atoms with Crippen LogP contribution < -0.4 is 0 Å². The molecule has 0 bridgehead atoms. The van der Waals surface area contributed by atoms with Crippen molar-refractivity contribution in [3.05, 3.63) is 23.5 Å². The second-order valence-corrected chi connectivity index (χ2v) is 3.35. The lowest BCUT2D eigenvalue weighted by Gasteiger charge is -1.90. The summed E-state index contributed by atoms with van der Waals surface area (Å²) in [4.78, 5) is 4.09. The van der Waals surface area contributed by atoms with Crippen LogP contribution in [0, 0.1) is 0 Å². The lowest BCUT2D eigenvalue weighted by molar-refractivity contribution is 1.06. The van der Waals surface area contributed by atoms with Gasteiger partial charge in [-0.2, -0.15) is 7.99 Å². The maximum absolute atomic E-state index is 5.69. The lowest BCUT2D eigenvalue weighted by atomic mass is 10.4. The molecule has 0 aliphatic rings. The van der Waals surface area contributed by atoms with Crippen molar-refractivity contribution in [3.63, 3.8) is 0 Å².